The number of aromatic amines is 2. The molecule has 2 aromatic heterocycles. The molecule has 2 fully saturated rings. The lowest BCUT2D eigenvalue weighted by Gasteiger charge is -2.29. The Balaban J connectivity index is 0.962. The number of alkyl carbamates (subject to hydrolysis) is 1. The van der Waals surface area contributed by atoms with E-state index in [9.17, 15) is 14.4 Å². The molecule has 8 rings (SSSR count). The van der Waals surface area contributed by atoms with Crippen LogP contribution in [0, 0.1) is 0 Å². The SMILES string of the molecule is C[C@@H](C(=O)N1CCC[C@H]1c1nc2ccc(-c3ccc(-c4c[nH]c(C5CCCN5C(=O)[C@H](NC(=O)OC(C)(C)C)c5ccccc5)n4)cc3)cc2[nH]1)c1ccccc1. The van der Waals surface area contributed by atoms with Crippen molar-refractivity contribution in [3.63, 3.8) is 0 Å². The van der Waals surface area contributed by atoms with Crippen LogP contribution in [0.25, 0.3) is 33.4 Å². The molecule has 2 aliphatic rings. The maximum absolute atomic E-state index is 14.1. The molecule has 4 aromatic carbocycles. The van der Waals surface area contributed by atoms with E-state index in [0.717, 1.165) is 77.0 Å². The molecule has 2 aliphatic heterocycles. The first-order chi connectivity index (χ1) is 27.5. The zero-order chi connectivity index (χ0) is 39.7. The van der Waals surface area contributed by atoms with Crippen LogP contribution in [-0.4, -0.2) is 66.3 Å². The highest BCUT2D eigenvalue weighted by Crippen LogP contribution is 2.37. The van der Waals surface area contributed by atoms with Crippen LogP contribution < -0.4 is 5.32 Å². The van der Waals surface area contributed by atoms with Crippen LogP contribution in [0.3, 0.4) is 0 Å². The summed E-state index contributed by atoms with van der Waals surface area (Å²) in [5, 5.41) is 2.82. The predicted octanol–water partition coefficient (Wildman–Crippen LogP) is 9.02. The van der Waals surface area contributed by atoms with Gasteiger partial charge in [-0.05, 0) is 87.8 Å². The number of amides is 3. The Morgan fingerprint density at radius 3 is 2.00 bits per heavy atom. The highest BCUT2D eigenvalue weighted by atomic mass is 16.6. The quantitative estimate of drug-likeness (QED) is 0.135. The van der Waals surface area contributed by atoms with Crippen molar-refractivity contribution in [3.05, 3.63) is 132 Å². The Bertz CT molecular complexity index is 2360. The average Bonchev–Trinajstić information content (AvgIpc) is 4.05. The number of nitrogens with one attached hydrogen (secondary N) is 3. The van der Waals surface area contributed by atoms with Crippen LogP contribution in [0.5, 0.6) is 0 Å². The van der Waals surface area contributed by atoms with Crippen molar-refractivity contribution in [1.29, 1.82) is 0 Å². The molecule has 4 heterocycles. The van der Waals surface area contributed by atoms with E-state index < -0.39 is 17.7 Å². The van der Waals surface area contributed by atoms with Crippen molar-refractivity contribution in [2.24, 2.45) is 0 Å². The number of H-pyrrole nitrogens is 2. The lowest BCUT2D eigenvalue weighted by atomic mass is 9.99. The minimum absolute atomic E-state index is 0.0776. The van der Waals surface area contributed by atoms with Crippen LogP contribution in [0.4, 0.5) is 4.79 Å². The number of imidazole rings is 2. The van der Waals surface area contributed by atoms with Gasteiger partial charge >= 0.3 is 6.09 Å². The van der Waals surface area contributed by atoms with Crippen molar-refractivity contribution in [1.82, 2.24) is 35.1 Å². The lowest BCUT2D eigenvalue weighted by Crippen LogP contribution is -2.44. The van der Waals surface area contributed by atoms with Gasteiger partial charge in [-0.3, -0.25) is 9.59 Å². The molecular formula is C46H49N7O4. The summed E-state index contributed by atoms with van der Waals surface area (Å²) in [7, 11) is 0. The predicted molar refractivity (Wildman–Crippen MR) is 220 cm³/mol. The Labute approximate surface area is 332 Å². The van der Waals surface area contributed by atoms with E-state index in [0.29, 0.717) is 17.9 Å². The molecule has 11 nitrogen and oxygen atoms in total. The zero-order valence-corrected chi connectivity index (χ0v) is 32.9. The molecule has 292 valence electrons. The summed E-state index contributed by atoms with van der Waals surface area (Å²) in [6.07, 6.45) is 4.65. The first kappa shape index (κ1) is 37.7. The van der Waals surface area contributed by atoms with Gasteiger partial charge in [-0.15, -0.1) is 0 Å². The summed E-state index contributed by atoms with van der Waals surface area (Å²) in [5.41, 5.74) is 6.67. The Morgan fingerprint density at radius 2 is 1.33 bits per heavy atom. The van der Waals surface area contributed by atoms with E-state index in [1.165, 1.54) is 0 Å². The van der Waals surface area contributed by atoms with Gasteiger partial charge in [-0.2, -0.15) is 0 Å². The minimum atomic E-state index is -0.897. The van der Waals surface area contributed by atoms with Gasteiger partial charge < -0.3 is 29.8 Å². The van der Waals surface area contributed by atoms with Gasteiger partial charge in [-0.1, -0.05) is 91.0 Å². The molecule has 0 radical (unpaired) electrons. The first-order valence-corrected chi connectivity index (χ1v) is 19.9. The maximum Gasteiger partial charge on any atom is 0.408 e. The van der Waals surface area contributed by atoms with E-state index in [-0.39, 0.29) is 29.8 Å². The van der Waals surface area contributed by atoms with E-state index in [1.54, 1.807) is 20.8 Å². The molecule has 0 aliphatic carbocycles. The third-order valence-electron chi connectivity index (χ3n) is 11.0. The van der Waals surface area contributed by atoms with Gasteiger partial charge in [0.1, 0.15) is 23.3 Å². The number of carbonyl (C=O) groups excluding carboxylic acids is 3. The molecular weight excluding hydrogens is 715 g/mol. The summed E-state index contributed by atoms with van der Waals surface area (Å²) in [4.78, 5) is 61.2. The number of likely N-dealkylation sites (tertiary alicyclic amines) is 2. The molecule has 1 unspecified atom stereocenters. The largest absolute Gasteiger partial charge is 0.444 e. The van der Waals surface area contributed by atoms with Crippen LogP contribution in [0.15, 0.2) is 109 Å². The van der Waals surface area contributed by atoms with Crippen LogP contribution >= 0.6 is 0 Å². The lowest BCUT2D eigenvalue weighted by molar-refractivity contribution is -0.135. The van der Waals surface area contributed by atoms with Crippen LogP contribution in [0.2, 0.25) is 0 Å². The summed E-state index contributed by atoms with van der Waals surface area (Å²) in [6.45, 7) is 8.65. The monoisotopic (exact) mass is 763 g/mol. The van der Waals surface area contributed by atoms with E-state index in [2.05, 4.69) is 51.7 Å². The number of carbonyl (C=O) groups is 3. The second kappa shape index (κ2) is 15.7. The van der Waals surface area contributed by atoms with Gasteiger partial charge in [0.15, 0.2) is 0 Å². The number of hydrogen-bond acceptors (Lipinski definition) is 6. The van der Waals surface area contributed by atoms with E-state index in [4.69, 9.17) is 14.7 Å². The Kier molecular flexibility index (Phi) is 10.4. The fourth-order valence-electron chi connectivity index (χ4n) is 8.14. The number of benzene rings is 4. The molecule has 3 amide bonds. The highest BCUT2D eigenvalue weighted by molar-refractivity contribution is 5.88. The highest BCUT2D eigenvalue weighted by Gasteiger charge is 2.38. The van der Waals surface area contributed by atoms with Crippen LogP contribution in [-0.2, 0) is 14.3 Å². The topological polar surface area (TPSA) is 136 Å². The Hall–Kier alpha value is -6.23. The number of rotatable bonds is 9. The van der Waals surface area contributed by atoms with Crippen molar-refractivity contribution in [2.75, 3.05) is 13.1 Å². The van der Waals surface area contributed by atoms with Crippen molar-refractivity contribution in [3.8, 4) is 22.4 Å². The van der Waals surface area contributed by atoms with E-state index >= 15 is 0 Å². The van der Waals surface area contributed by atoms with Gasteiger partial charge in [0.25, 0.3) is 5.91 Å². The molecule has 0 saturated carbocycles. The van der Waals surface area contributed by atoms with E-state index in [1.807, 2.05) is 89.7 Å². The summed E-state index contributed by atoms with van der Waals surface area (Å²) < 4.78 is 5.52. The number of fused-ring (bicyclic) bond motifs is 1. The molecule has 4 atom stereocenters. The van der Waals surface area contributed by atoms with Crippen molar-refractivity contribution in [2.45, 2.75) is 83.0 Å². The fourth-order valence-corrected chi connectivity index (χ4v) is 8.14. The number of aromatic nitrogens is 4. The first-order valence-electron chi connectivity index (χ1n) is 19.9. The number of hydrogen-bond donors (Lipinski definition) is 3. The summed E-state index contributed by atoms with van der Waals surface area (Å²) >= 11 is 0. The van der Waals surface area contributed by atoms with Gasteiger partial charge in [0, 0.05) is 24.8 Å². The summed E-state index contributed by atoms with van der Waals surface area (Å²) in [5.74, 6) is 1.25. The minimum Gasteiger partial charge on any atom is -0.444 e. The molecule has 2 saturated heterocycles. The number of nitrogens with zero attached hydrogens (tertiary/aromatic N) is 4. The van der Waals surface area contributed by atoms with Gasteiger partial charge in [0.05, 0.1) is 34.7 Å². The van der Waals surface area contributed by atoms with Gasteiger partial charge in [-0.25, -0.2) is 14.8 Å². The third-order valence-corrected chi connectivity index (χ3v) is 11.0. The molecule has 11 heteroatoms. The molecule has 0 spiro atoms. The van der Waals surface area contributed by atoms with Crippen LogP contribution in [0.1, 0.15) is 100 Å². The zero-order valence-electron chi connectivity index (χ0n) is 32.9. The molecule has 3 N–H and O–H groups in total. The smallest absolute Gasteiger partial charge is 0.408 e. The molecule has 6 aromatic rings. The molecule has 57 heavy (non-hydrogen) atoms. The average molecular weight is 764 g/mol. The third kappa shape index (κ3) is 8.05. The standard InChI is InChI=1S/C46H49N7O4/c1-29(30-13-7-5-8-14-30)43(54)52-25-12-18-39(52)42-48-35-24-23-34(27-36(35)49-42)31-19-21-32(22-20-31)37-28-47-41(50-37)38-17-11-26-53(38)44(55)40(33-15-9-6-10-16-33)51-45(56)57-46(2,3)4/h5-10,13-16,19-24,27-29,38-40H,11-12,17-18,25-26H2,1-4H3,(H,47,50)(H,48,49)(H,51,56)/t29-,38?,39+,40-/m1/s1. The Morgan fingerprint density at radius 1 is 0.737 bits per heavy atom. The van der Waals surface area contributed by atoms with Crippen molar-refractivity contribution >= 4 is 28.9 Å². The fraction of sp³-hybridized carbons (Fsp3) is 0.326. The van der Waals surface area contributed by atoms with Gasteiger partial charge in [0.2, 0.25) is 5.91 Å². The molecule has 0 bridgehead atoms. The maximum atomic E-state index is 14.1. The normalized spacial score (nSPS) is 18.1. The van der Waals surface area contributed by atoms with Crippen molar-refractivity contribution < 1.29 is 19.1 Å². The second-order valence-corrected chi connectivity index (χ2v) is 16.1. The summed E-state index contributed by atoms with van der Waals surface area (Å²) in [6, 6.07) is 32.5. The number of ether oxygens (including phenoxy) is 1. The second-order valence-electron chi connectivity index (χ2n) is 16.1.